The fraction of sp³-hybridized carbons (Fsp3) is 0.0333. The molecule has 0 aliphatic rings. The van der Waals surface area contributed by atoms with Gasteiger partial charge < -0.3 is 0 Å². The zero-order valence-corrected chi connectivity index (χ0v) is 18.2. The van der Waals surface area contributed by atoms with Gasteiger partial charge in [0.25, 0.3) is 0 Å². The highest BCUT2D eigenvalue weighted by Crippen LogP contribution is 2.37. The third kappa shape index (κ3) is 3.44. The Morgan fingerprint density at radius 2 is 1.06 bits per heavy atom. The molecule has 3 aromatic heterocycles. The molecule has 0 fully saturated rings. The van der Waals surface area contributed by atoms with Gasteiger partial charge in [-0.1, -0.05) is 72.8 Å². The third-order valence-corrected chi connectivity index (χ3v) is 6.03. The van der Waals surface area contributed by atoms with Crippen LogP contribution in [0.2, 0.25) is 0 Å². The number of fused-ring (bicyclic) bond motifs is 3. The van der Waals surface area contributed by atoms with Gasteiger partial charge in [-0.25, -0.2) is 4.98 Å². The predicted molar refractivity (Wildman–Crippen MR) is 136 cm³/mol. The molecule has 0 spiro atoms. The number of pyridine rings is 3. The van der Waals surface area contributed by atoms with E-state index in [1.165, 1.54) is 11.1 Å². The molecule has 0 amide bonds. The maximum atomic E-state index is 5.15. The van der Waals surface area contributed by atoms with Crippen molar-refractivity contribution in [1.29, 1.82) is 0 Å². The van der Waals surface area contributed by atoms with Gasteiger partial charge in [-0.05, 0) is 53.4 Å². The topological polar surface area (TPSA) is 38.7 Å². The SMILES string of the molecule is Cc1cc(-c2ccccc2)c2ccc3c(-c4ccccc4)cc(-c4ccncc4)nc3c2n1. The van der Waals surface area contributed by atoms with Crippen LogP contribution in [-0.4, -0.2) is 15.0 Å². The Kier molecular flexibility index (Phi) is 4.66. The van der Waals surface area contributed by atoms with Gasteiger partial charge in [0, 0.05) is 34.4 Å². The zero-order chi connectivity index (χ0) is 22.2. The molecular formula is C30H21N3. The van der Waals surface area contributed by atoms with Crippen molar-refractivity contribution in [1.82, 2.24) is 15.0 Å². The number of nitrogens with zero attached hydrogens (tertiary/aromatic N) is 3. The molecule has 0 saturated heterocycles. The van der Waals surface area contributed by atoms with Gasteiger partial charge in [-0.15, -0.1) is 0 Å². The fourth-order valence-corrected chi connectivity index (χ4v) is 4.49. The van der Waals surface area contributed by atoms with E-state index in [1.807, 2.05) is 36.7 Å². The van der Waals surface area contributed by atoms with Crippen LogP contribution in [0.5, 0.6) is 0 Å². The lowest BCUT2D eigenvalue weighted by Crippen LogP contribution is -1.95. The van der Waals surface area contributed by atoms with Crippen molar-refractivity contribution >= 4 is 21.8 Å². The minimum absolute atomic E-state index is 0.917. The summed E-state index contributed by atoms with van der Waals surface area (Å²) < 4.78 is 0. The highest BCUT2D eigenvalue weighted by atomic mass is 14.8. The lowest BCUT2D eigenvalue weighted by Gasteiger charge is -2.14. The summed E-state index contributed by atoms with van der Waals surface area (Å²) >= 11 is 0. The first-order valence-electron chi connectivity index (χ1n) is 11.0. The first-order valence-corrected chi connectivity index (χ1v) is 11.0. The Balaban J connectivity index is 1.73. The number of benzene rings is 3. The van der Waals surface area contributed by atoms with E-state index in [4.69, 9.17) is 9.97 Å². The molecule has 3 nitrogen and oxygen atoms in total. The van der Waals surface area contributed by atoms with Gasteiger partial charge in [0.05, 0.1) is 16.7 Å². The van der Waals surface area contributed by atoms with Crippen molar-refractivity contribution in [3.05, 3.63) is 115 Å². The fourth-order valence-electron chi connectivity index (χ4n) is 4.49. The van der Waals surface area contributed by atoms with Gasteiger partial charge in [-0.2, -0.15) is 0 Å². The van der Waals surface area contributed by atoms with Crippen LogP contribution in [0.15, 0.2) is 109 Å². The standard InChI is InChI=1S/C30H21N3/c1-20-18-26(21-8-4-2-5-9-21)24-12-13-25-27(22-10-6-3-7-11-22)19-28(23-14-16-31-17-15-23)33-30(25)29(24)32-20/h2-19H,1H3. The Morgan fingerprint density at radius 3 is 1.67 bits per heavy atom. The summed E-state index contributed by atoms with van der Waals surface area (Å²) in [5.41, 5.74) is 9.46. The summed E-state index contributed by atoms with van der Waals surface area (Å²) in [4.78, 5) is 14.3. The maximum Gasteiger partial charge on any atom is 0.0978 e. The summed E-state index contributed by atoms with van der Waals surface area (Å²) in [5.74, 6) is 0. The van der Waals surface area contributed by atoms with E-state index >= 15 is 0 Å². The quantitative estimate of drug-likeness (QED) is 0.277. The molecule has 0 unspecified atom stereocenters. The highest BCUT2D eigenvalue weighted by Gasteiger charge is 2.15. The Morgan fingerprint density at radius 1 is 0.515 bits per heavy atom. The second kappa shape index (κ2) is 7.95. The average molecular weight is 424 g/mol. The van der Waals surface area contributed by atoms with E-state index in [1.54, 1.807) is 0 Å². The lowest BCUT2D eigenvalue weighted by atomic mass is 9.94. The Bertz CT molecular complexity index is 1590. The van der Waals surface area contributed by atoms with Crippen LogP contribution in [0.3, 0.4) is 0 Å². The van der Waals surface area contributed by atoms with Crippen molar-refractivity contribution < 1.29 is 0 Å². The molecule has 0 atom stereocenters. The molecule has 6 rings (SSSR count). The molecule has 0 radical (unpaired) electrons. The largest absolute Gasteiger partial charge is 0.265 e. The summed E-state index contributed by atoms with van der Waals surface area (Å²) in [7, 11) is 0. The molecular weight excluding hydrogens is 402 g/mol. The van der Waals surface area contributed by atoms with Crippen molar-refractivity contribution in [2.24, 2.45) is 0 Å². The molecule has 0 aliphatic carbocycles. The lowest BCUT2D eigenvalue weighted by molar-refractivity contribution is 1.25. The van der Waals surface area contributed by atoms with Crippen LogP contribution in [0.4, 0.5) is 0 Å². The smallest absolute Gasteiger partial charge is 0.0978 e. The van der Waals surface area contributed by atoms with E-state index in [9.17, 15) is 0 Å². The van der Waals surface area contributed by atoms with Gasteiger partial charge in [0.1, 0.15) is 0 Å². The van der Waals surface area contributed by atoms with E-state index in [-0.39, 0.29) is 0 Å². The molecule has 3 aromatic carbocycles. The first kappa shape index (κ1) is 19.3. The van der Waals surface area contributed by atoms with E-state index in [0.29, 0.717) is 0 Å². The van der Waals surface area contributed by atoms with Crippen molar-refractivity contribution in [2.45, 2.75) is 6.92 Å². The van der Waals surface area contributed by atoms with Crippen LogP contribution in [0.25, 0.3) is 55.3 Å². The molecule has 6 aromatic rings. The van der Waals surface area contributed by atoms with Crippen molar-refractivity contribution in [3.63, 3.8) is 0 Å². The third-order valence-electron chi connectivity index (χ3n) is 6.03. The molecule has 0 aliphatic heterocycles. The van der Waals surface area contributed by atoms with Crippen LogP contribution < -0.4 is 0 Å². The van der Waals surface area contributed by atoms with Gasteiger partial charge >= 0.3 is 0 Å². The summed E-state index contributed by atoms with van der Waals surface area (Å²) in [6, 6.07) is 33.7. The highest BCUT2D eigenvalue weighted by molar-refractivity contribution is 6.12. The second-order valence-electron chi connectivity index (χ2n) is 8.19. The van der Waals surface area contributed by atoms with Gasteiger partial charge in [0.2, 0.25) is 0 Å². The molecule has 3 heterocycles. The number of hydrogen-bond donors (Lipinski definition) is 0. The van der Waals surface area contributed by atoms with E-state index in [2.05, 4.69) is 84.7 Å². The van der Waals surface area contributed by atoms with Gasteiger partial charge in [-0.3, -0.25) is 9.97 Å². The normalized spacial score (nSPS) is 11.2. The zero-order valence-electron chi connectivity index (χ0n) is 18.2. The number of aryl methyl sites for hydroxylation is 1. The summed E-state index contributed by atoms with van der Waals surface area (Å²) in [5, 5.41) is 2.21. The number of rotatable bonds is 3. The van der Waals surface area contributed by atoms with E-state index < -0.39 is 0 Å². The molecule has 0 bridgehead atoms. The number of hydrogen-bond acceptors (Lipinski definition) is 3. The summed E-state index contributed by atoms with van der Waals surface area (Å²) in [6.45, 7) is 2.05. The van der Waals surface area contributed by atoms with Crippen molar-refractivity contribution in [2.75, 3.05) is 0 Å². The second-order valence-corrected chi connectivity index (χ2v) is 8.19. The number of aromatic nitrogens is 3. The van der Waals surface area contributed by atoms with E-state index in [0.717, 1.165) is 49.9 Å². The van der Waals surface area contributed by atoms with Gasteiger partial charge in [0.15, 0.2) is 0 Å². The molecule has 156 valence electrons. The summed E-state index contributed by atoms with van der Waals surface area (Å²) in [6.07, 6.45) is 3.62. The molecule has 3 heteroatoms. The molecule has 0 saturated carbocycles. The Hall–Kier alpha value is -4.37. The molecule has 0 N–H and O–H groups in total. The van der Waals surface area contributed by atoms with Crippen LogP contribution in [0.1, 0.15) is 5.69 Å². The minimum Gasteiger partial charge on any atom is -0.265 e. The average Bonchev–Trinajstić information content (AvgIpc) is 2.89. The first-order chi connectivity index (χ1) is 16.3. The maximum absolute atomic E-state index is 5.15. The predicted octanol–water partition coefficient (Wildman–Crippen LogP) is 7.49. The molecule has 33 heavy (non-hydrogen) atoms. The monoisotopic (exact) mass is 423 g/mol. The minimum atomic E-state index is 0.917. The van der Waals surface area contributed by atoms with Crippen LogP contribution >= 0.6 is 0 Å². The van der Waals surface area contributed by atoms with Crippen molar-refractivity contribution in [3.8, 4) is 33.5 Å². The Labute approximate surface area is 192 Å². The van der Waals surface area contributed by atoms with Crippen LogP contribution in [-0.2, 0) is 0 Å². The van der Waals surface area contributed by atoms with Crippen LogP contribution in [0, 0.1) is 6.92 Å².